The minimum atomic E-state index is -2.27. The maximum Gasteiger partial charge on any atom is 0.255 e. The number of methoxy groups -OCH3 is 1. The molecule has 2 N–H and O–H groups in total. The monoisotopic (exact) mass is 425 g/mol. The maximum absolute atomic E-state index is 13.2. The van der Waals surface area contributed by atoms with Crippen molar-refractivity contribution in [3.05, 3.63) is 46.4 Å². The molecule has 5 rings (SSSR count). The van der Waals surface area contributed by atoms with E-state index in [0.717, 1.165) is 24.3 Å². The van der Waals surface area contributed by atoms with Gasteiger partial charge < -0.3 is 19.8 Å². The van der Waals surface area contributed by atoms with E-state index < -0.39 is 34.5 Å². The number of hydrogen-bond acceptors (Lipinski definition) is 6. The second-order valence-corrected chi connectivity index (χ2v) is 9.18. The van der Waals surface area contributed by atoms with E-state index in [0.29, 0.717) is 18.6 Å². The van der Waals surface area contributed by atoms with E-state index in [1.165, 1.54) is 0 Å². The van der Waals surface area contributed by atoms with Crippen LogP contribution in [0.15, 0.2) is 35.5 Å². The molecule has 0 aromatic heterocycles. The van der Waals surface area contributed by atoms with Gasteiger partial charge in [0, 0.05) is 47.1 Å². The summed E-state index contributed by atoms with van der Waals surface area (Å²) in [5, 5.41) is 27.0. The van der Waals surface area contributed by atoms with E-state index >= 15 is 0 Å². The smallest absolute Gasteiger partial charge is 0.255 e. The normalized spacial score (nSPS) is 40.0. The number of benzene rings is 1. The zero-order chi connectivity index (χ0) is 22.2. The SMILES string of the molecule is CC[C@]12C=CCN3CC[C@@]4(c5ccc(OC)cc5N(C)[C@H]4[C@@](O)(C(=O)N=[N+]=[N-])[C@@H]1O)[C@H]32. The van der Waals surface area contributed by atoms with Crippen molar-refractivity contribution in [3.8, 4) is 5.75 Å². The number of aliphatic hydroxyl groups is 2. The molecule has 3 heterocycles. The molecule has 0 radical (unpaired) electrons. The van der Waals surface area contributed by atoms with Crippen molar-refractivity contribution in [2.75, 3.05) is 32.1 Å². The molecule has 9 nitrogen and oxygen atoms in total. The van der Waals surface area contributed by atoms with Crippen LogP contribution in [0.4, 0.5) is 5.69 Å². The fraction of sp³-hybridized carbons (Fsp3) is 0.591. The molecule has 9 heteroatoms. The fourth-order valence-electron chi connectivity index (χ4n) is 7.31. The Kier molecular flexibility index (Phi) is 4.24. The molecule has 2 fully saturated rings. The van der Waals surface area contributed by atoms with Crippen molar-refractivity contribution in [2.24, 2.45) is 10.5 Å². The van der Waals surface area contributed by atoms with Gasteiger partial charge in [0.25, 0.3) is 5.91 Å². The number of amides is 1. The van der Waals surface area contributed by atoms with Crippen LogP contribution in [0.5, 0.6) is 5.75 Å². The standard InChI is InChI=1S/C22H27N5O4/c1-4-20-8-5-10-27-11-9-21(16(20)27)14-7-6-13(31-3)12-15(14)26(2)17(21)22(30,18(20)28)19(29)24-25-23/h5-8,12,16-18,28,30H,4,9-11H2,1-3H3/t16-,17-,18-,20-,21-,22+/m1/s1. The molecule has 1 aliphatic carbocycles. The highest BCUT2D eigenvalue weighted by Crippen LogP contribution is 2.66. The average Bonchev–Trinajstić information content (AvgIpc) is 3.29. The summed E-state index contributed by atoms with van der Waals surface area (Å²) in [6.45, 7) is 3.51. The molecule has 164 valence electrons. The summed E-state index contributed by atoms with van der Waals surface area (Å²) in [5.74, 6) is -0.367. The Hall–Kier alpha value is -2.58. The highest BCUT2D eigenvalue weighted by atomic mass is 16.5. The maximum atomic E-state index is 13.2. The van der Waals surface area contributed by atoms with Gasteiger partial charge in [0.1, 0.15) is 11.9 Å². The predicted molar refractivity (Wildman–Crippen MR) is 114 cm³/mol. The summed E-state index contributed by atoms with van der Waals surface area (Å²) < 4.78 is 5.43. The van der Waals surface area contributed by atoms with Crippen molar-refractivity contribution in [1.29, 1.82) is 0 Å². The molecule has 1 spiro atoms. The summed E-state index contributed by atoms with van der Waals surface area (Å²) >= 11 is 0. The number of nitrogens with zero attached hydrogens (tertiary/aromatic N) is 5. The number of carbonyl (C=O) groups excluding carboxylic acids is 1. The third-order valence-electron chi connectivity index (χ3n) is 8.34. The highest BCUT2D eigenvalue weighted by Gasteiger charge is 2.78. The first-order valence-corrected chi connectivity index (χ1v) is 10.7. The minimum absolute atomic E-state index is 0.105. The summed E-state index contributed by atoms with van der Waals surface area (Å²) in [7, 11) is 3.41. The van der Waals surface area contributed by atoms with Crippen LogP contribution in [-0.2, 0) is 10.2 Å². The Morgan fingerprint density at radius 1 is 1.42 bits per heavy atom. The first-order chi connectivity index (χ1) is 14.8. The molecule has 0 bridgehead atoms. The number of carbonyl (C=O) groups is 1. The van der Waals surface area contributed by atoms with E-state index in [2.05, 4.69) is 14.9 Å². The number of likely N-dealkylation sites (N-methyl/N-ethyl adjacent to an activating group) is 1. The van der Waals surface area contributed by atoms with Crippen LogP contribution in [0.1, 0.15) is 25.3 Å². The van der Waals surface area contributed by atoms with Crippen molar-refractivity contribution in [2.45, 2.75) is 49.0 Å². The van der Waals surface area contributed by atoms with Crippen LogP contribution in [0.25, 0.3) is 10.4 Å². The minimum Gasteiger partial charge on any atom is -0.497 e. The van der Waals surface area contributed by atoms with E-state index in [4.69, 9.17) is 10.3 Å². The van der Waals surface area contributed by atoms with E-state index in [1.54, 1.807) is 7.11 Å². The highest BCUT2D eigenvalue weighted by molar-refractivity contribution is 5.91. The molecule has 0 unspecified atom stereocenters. The largest absolute Gasteiger partial charge is 0.497 e. The van der Waals surface area contributed by atoms with Crippen molar-refractivity contribution >= 4 is 11.6 Å². The number of fused-ring (bicyclic) bond motifs is 1. The topological polar surface area (TPSA) is 122 Å². The van der Waals surface area contributed by atoms with Crippen molar-refractivity contribution < 1.29 is 19.7 Å². The third kappa shape index (κ3) is 2.12. The Labute approximate surface area is 180 Å². The summed E-state index contributed by atoms with van der Waals surface area (Å²) in [5.41, 5.74) is 7.13. The van der Waals surface area contributed by atoms with E-state index in [1.807, 2.05) is 49.2 Å². The van der Waals surface area contributed by atoms with Gasteiger partial charge in [0.05, 0.1) is 13.2 Å². The Morgan fingerprint density at radius 2 is 2.19 bits per heavy atom. The molecular formula is C22H27N5O4. The zero-order valence-corrected chi connectivity index (χ0v) is 17.9. The lowest BCUT2D eigenvalue weighted by molar-refractivity contribution is -0.201. The second-order valence-electron chi connectivity index (χ2n) is 9.18. The first kappa shape index (κ1) is 20.3. The Bertz CT molecular complexity index is 1040. The average molecular weight is 425 g/mol. The van der Waals surface area contributed by atoms with Crippen LogP contribution < -0.4 is 9.64 Å². The number of ether oxygens (including phenoxy) is 1. The van der Waals surface area contributed by atoms with Crippen molar-refractivity contribution in [1.82, 2.24) is 4.90 Å². The quantitative estimate of drug-likeness (QED) is 0.329. The van der Waals surface area contributed by atoms with E-state index in [9.17, 15) is 15.0 Å². The molecule has 4 aliphatic rings. The van der Waals surface area contributed by atoms with Gasteiger partial charge in [-0.05, 0) is 41.7 Å². The van der Waals surface area contributed by atoms with Crippen molar-refractivity contribution in [3.63, 3.8) is 0 Å². The van der Waals surface area contributed by atoms with Gasteiger partial charge >= 0.3 is 0 Å². The van der Waals surface area contributed by atoms with Gasteiger partial charge in [-0.15, -0.1) is 0 Å². The molecule has 31 heavy (non-hydrogen) atoms. The van der Waals surface area contributed by atoms with E-state index in [-0.39, 0.29) is 6.04 Å². The Balaban J connectivity index is 1.86. The van der Waals surface area contributed by atoms with Gasteiger partial charge in [-0.25, -0.2) is 0 Å². The van der Waals surface area contributed by atoms with Crippen LogP contribution >= 0.6 is 0 Å². The van der Waals surface area contributed by atoms with Gasteiger partial charge in [-0.2, -0.15) is 0 Å². The molecular weight excluding hydrogens is 398 g/mol. The predicted octanol–water partition coefficient (Wildman–Crippen LogP) is 1.73. The second kappa shape index (κ2) is 6.46. The van der Waals surface area contributed by atoms with Crippen LogP contribution in [0.3, 0.4) is 0 Å². The number of anilines is 1. The van der Waals surface area contributed by atoms with Crippen LogP contribution in [0.2, 0.25) is 0 Å². The first-order valence-electron chi connectivity index (χ1n) is 10.7. The van der Waals surface area contributed by atoms with Gasteiger partial charge in [-0.3, -0.25) is 9.69 Å². The Morgan fingerprint density at radius 3 is 2.87 bits per heavy atom. The number of hydrogen-bond donors (Lipinski definition) is 2. The molecule has 1 aromatic rings. The lowest BCUT2D eigenvalue weighted by Crippen LogP contribution is -2.80. The zero-order valence-electron chi connectivity index (χ0n) is 17.9. The summed E-state index contributed by atoms with van der Waals surface area (Å²) in [6, 6.07) is 4.94. The lowest BCUT2D eigenvalue weighted by atomic mass is 9.47. The van der Waals surface area contributed by atoms with Gasteiger partial charge in [0.15, 0.2) is 5.60 Å². The lowest BCUT2D eigenvalue weighted by Gasteiger charge is -2.63. The van der Waals surface area contributed by atoms with Crippen LogP contribution in [-0.4, -0.2) is 72.1 Å². The summed E-state index contributed by atoms with van der Waals surface area (Å²) in [6.07, 6.45) is 3.80. The van der Waals surface area contributed by atoms with Crippen LogP contribution in [0, 0.1) is 5.41 Å². The number of rotatable bonds is 3. The van der Waals surface area contributed by atoms with Gasteiger partial charge in [0.2, 0.25) is 0 Å². The number of aliphatic hydroxyl groups excluding tert-OH is 1. The molecule has 3 aliphatic heterocycles. The van der Waals surface area contributed by atoms with Gasteiger partial charge in [-0.1, -0.05) is 25.1 Å². The summed E-state index contributed by atoms with van der Waals surface area (Å²) in [4.78, 5) is 20.1. The third-order valence-corrected chi connectivity index (χ3v) is 8.34. The molecule has 1 aromatic carbocycles. The molecule has 1 saturated heterocycles. The molecule has 1 amide bonds. The molecule has 1 saturated carbocycles. The number of azide groups is 1. The fourth-order valence-corrected chi connectivity index (χ4v) is 7.31. The molecule has 6 atom stereocenters.